The van der Waals surface area contributed by atoms with E-state index in [1.54, 1.807) is 12.1 Å². The molecule has 5 atom stereocenters. The van der Waals surface area contributed by atoms with Crippen molar-refractivity contribution in [2.45, 2.75) is 30.5 Å². The van der Waals surface area contributed by atoms with Gasteiger partial charge in [-0.05, 0) is 12.1 Å². The van der Waals surface area contributed by atoms with E-state index in [4.69, 9.17) is 9.26 Å². The molecule has 4 N–H and O–H groups in total. The summed E-state index contributed by atoms with van der Waals surface area (Å²) < 4.78 is 10.5. The molecule has 0 saturated carbocycles. The van der Waals surface area contributed by atoms with Gasteiger partial charge in [-0.15, -0.1) is 0 Å². The maximum atomic E-state index is 10.0. The quantitative estimate of drug-likeness (QED) is 0.583. The van der Waals surface area contributed by atoms with E-state index in [1.807, 2.05) is 18.2 Å². The lowest BCUT2D eigenvalue weighted by Crippen LogP contribution is -2.55. The number of aliphatic hydroxyl groups excluding tert-OH is 4. The summed E-state index contributed by atoms with van der Waals surface area (Å²) >= 11 is 0. The third-order valence-corrected chi connectivity index (χ3v) is 3.61. The Morgan fingerprint density at radius 2 is 1.73 bits per heavy atom. The van der Waals surface area contributed by atoms with Crippen LogP contribution in [0.5, 0.6) is 0 Å². The van der Waals surface area contributed by atoms with Gasteiger partial charge in [0.25, 0.3) is 5.89 Å². The van der Waals surface area contributed by atoms with Crippen LogP contribution in [0.25, 0.3) is 11.5 Å². The minimum Gasteiger partial charge on any atom is -0.394 e. The van der Waals surface area contributed by atoms with Gasteiger partial charge in [-0.1, -0.05) is 23.4 Å². The monoisotopic (exact) mass is 308 g/mol. The van der Waals surface area contributed by atoms with Crippen molar-refractivity contribution in [2.75, 3.05) is 6.61 Å². The Bertz CT molecular complexity index is 617. The van der Waals surface area contributed by atoms with Gasteiger partial charge in [-0.2, -0.15) is 4.98 Å². The van der Waals surface area contributed by atoms with Crippen LogP contribution in [0.15, 0.2) is 34.9 Å². The first-order valence-corrected chi connectivity index (χ1v) is 6.81. The maximum absolute atomic E-state index is 10.0. The lowest BCUT2D eigenvalue weighted by molar-refractivity contribution is -0.233. The number of ether oxygens (including phenoxy) is 1. The second kappa shape index (κ2) is 6.11. The number of nitrogens with zero attached hydrogens (tertiary/aromatic N) is 2. The fourth-order valence-electron chi connectivity index (χ4n) is 2.36. The summed E-state index contributed by atoms with van der Waals surface area (Å²) in [5.74, 6) is 0.281. The highest BCUT2D eigenvalue weighted by Gasteiger charge is 2.45. The van der Waals surface area contributed by atoms with Crippen molar-refractivity contribution < 1.29 is 29.7 Å². The van der Waals surface area contributed by atoms with Crippen molar-refractivity contribution >= 4 is 0 Å². The molecular formula is C14H16N2O6. The third kappa shape index (κ3) is 2.62. The predicted molar refractivity (Wildman–Crippen MR) is 72.5 cm³/mol. The van der Waals surface area contributed by atoms with E-state index < -0.39 is 37.1 Å². The Morgan fingerprint density at radius 1 is 1.00 bits per heavy atom. The van der Waals surface area contributed by atoms with Crippen LogP contribution in [0, 0.1) is 0 Å². The molecule has 8 nitrogen and oxygen atoms in total. The molecule has 0 amide bonds. The number of benzene rings is 1. The molecule has 1 aliphatic heterocycles. The molecule has 118 valence electrons. The van der Waals surface area contributed by atoms with Crippen LogP contribution in [-0.2, 0) is 4.74 Å². The van der Waals surface area contributed by atoms with E-state index >= 15 is 0 Å². The first-order chi connectivity index (χ1) is 10.6. The SMILES string of the molecule is OC[C@H]1O[C@@H](c2noc(-c3ccccc3)n2)[C@H](O)[C@@H](O)[C@@H]1O. The molecule has 0 unspecified atom stereocenters. The Kier molecular flexibility index (Phi) is 4.19. The van der Waals surface area contributed by atoms with Gasteiger partial charge in [0.15, 0.2) is 0 Å². The highest BCUT2D eigenvalue weighted by molar-refractivity contribution is 5.52. The molecule has 3 rings (SSSR count). The van der Waals surface area contributed by atoms with Gasteiger partial charge in [-0.25, -0.2) is 0 Å². The minimum atomic E-state index is -1.48. The molecule has 1 aliphatic rings. The molecule has 8 heteroatoms. The average Bonchev–Trinajstić information content (AvgIpc) is 3.04. The van der Waals surface area contributed by atoms with Gasteiger partial charge in [0, 0.05) is 5.56 Å². The Morgan fingerprint density at radius 3 is 2.41 bits per heavy atom. The van der Waals surface area contributed by atoms with E-state index in [0.717, 1.165) is 0 Å². The maximum Gasteiger partial charge on any atom is 0.258 e. The van der Waals surface area contributed by atoms with Crippen molar-refractivity contribution in [3.63, 3.8) is 0 Å². The van der Waals surface area contributed by atoms with Crippen LogP contribution < -0.4 is 0 Å². The van der Waals surface area contributed by atoms with Crippen molar-refractivity contribution in [1.82, 2.24) is 10.1 Å². The van der Waals surface area contributed by atoms with Gasteiger partial charge in [-0.3, -0.25) is 0 Å². The normalized spacial score (nSPS) is 32.1. The van der Waals surface area contributed by atoms with Crippen molar-refractivity contribution in [3.8, 4) is 11.5 Å². The van der Waals surface area contributed by atoms with Crippen molar-refractivity contribution in [3.05, 3.63) is 36.2 Å². The summed E-state index contributed by atoms with van der Waals surface area (Å²) in [6.07, 6.45) is -6.44. The molecular weight excluding hydrogens is 292 g/mol. The lowest BCUT2D eigenvalue weighted by Gasteiger charge is -2.38. The molecule has 0 aliphatic carbocycles. The number of hydrogen-bond donors (Lipinski definition) is 4. The number of hydrogen-bond acceptors (Lipinski definition) is 8. The van der Waals surface area contributed by atoms with E-state index in [0.29, 0.717) is 5.56 Å². The lowest BCUT2D eigenvalue weighted by atomic mass is 9.95. The summed E-state index contributed by atoms with van der Waals surface area (Å²) in [6.45, 7) is -0.509. The molecule has 2 heterocycles. The van der Waals surface area contributed by atoms with E-state index in [-0.39, 0.29) is 11.7 Å². The third-order valence-electron chi connectivity index (χ3n) is 3.61. The van der Waals surface area contributed by atoms with E-state index in [1.165, 1.54) is 0 Å². The van der Waals surface area contributed by atoms with Crippen LogP contribution >= 0.6 is 0 Å². The molecule has 2 aromatic rings. The van der Waals surface area contributed by atoms with Gasteiger partial charge >= 0.3 is 0 Å². The Balaban J connectivity index is 1.86. The van der Waals surface area contributed by atoms with Crippen LogP contribution in [0.2, 0.25) is 0 Å². The highest BCUT2D eigenvalue weighted by Crippen LogP contribution is 2.31. The van der Waals surface area contributed by atoms with Gasteiger partial charge in [0.05, 0.1) is 6.61 Å². The zero-order valence-corrected chi connectivity index (χ0v) is 11.5. The molecule has 1 saturated heterocycles. The molecule has 22 heavy (non-hydrogen) atoms. The van der Waals surface area contributed by atoms with Gasteiger partial charge in [0.2, 0.25) is 5.82 Å². The number of rotatable bonds is 3. The van der Waals surface area contributed by atoms with Crippen LogP contribution in [-0.4, -0.2) is 61.6 Å². The second-order valence-corrected chi connectivity index (χ2v) is 5.07. The zero-order valence-electron chi connectivity index (χ0n) is 11.5. The van der Waals surface area contributed by atoms with Gasteiger partial charge in [0.1, 0.15) is 30.5 Å². The van der Waals surface area contributed by atoms with Gasteiger partial charge < -0.3 is 29.7 Å². The van der Waals surface area contributed by atoms with E-state index in [9.17, 15) is 20.4 Å². The topological polar surface area (TPSA) is 129 Å². The van der Waals surface area contributed by atoms with Crippen LogP contribution in [0.1, 0.15) is 11.9 Å². The molecule has 0 bridgehead atoms. The zero-order chi connectivity index (χ0) is 15.7. The number of aliphatic hydroxyl groups is 4. The first-order valence-electron chi connectivity index (χ1n) is 6.81. The smallest absolute Gasteiger partial charge is 0.258 e. The average molecular weight is 308 g/mol. The summed E-state index contributed by atoms with van der Waals surface area (Å²) in [7, 11) is 0. The fraction of sp³-hybridized carbons (Fsp3) is 0.429. The molecule has 0 spiro atoms. The fourth-order valence-corrected chi connectivity index (χ4v) is 2.36. The summed E-state index contributed by atoms with van der Waals surface area (Å²) in [4.78, 5) is 4.15. The Labute approximate surface area is 125 Å². The van der Waals surface area contributed by atoms with Crippen LogP contribution in [0.3, 0.4) is 0 Å². The molecule has 0 radical (unpaired) electrons. The Hall–Kier alpha value is -1.84. The predicted octanol–water partition coefficient (Wildman–Crippen LogP) is -0.749. The molecule has 1 aromatic heterocycles. The summed E-state index contributed by atoms with van der Waals surface area (Å²) in [6, 6.07) is 9.04. The summed E-state index contributed by atoms with van der Waals surface area (Å²) in [5, 5.41) is 42.5. The number of aromatic nitrogens is 2. The van der Waals surface area contributed by atoms with Crippen molar-refractivity contribution in [1.29, 1.82) is 0 Å². The van der Waals surface area contributed by atoms with Crippen LogP contribution in [0.4, 0.5) is 0 Å². The van der Waals surface area contributed by atoms with E-state index in [2.05, 4.69) is 10.1 Å². The molecule has 1 fully saturated rings. The minimum absolute atomic E-state index is 0.0377. The largest absolute Gasteiger partial charge is 0.394 e. The first kappa shape index (κ1) is 15.1. The second-order valence-electron chi connectivity index (χ2n) is 5.07. The molecule has 1 aromatic carbocycles. The van der Waals surface area contributed by atoms with Crippen molar-refractivity contribution in [2.24, 2.45) is 0 Å². The highest BCUT2D eigenvalue weighted by atomic mass is 16.5. The standard InChI is InChI=1S/C14H16N2O6/c17-6-8-9(18)10(19)11(20)12(21-8)13-15-14(22-16-13)7-4-2-1-3-5-7/h1-5,8-12,17-20H,6H2/t8-,9-,10+,11-,12-/m1/s1. The summed E-state index contributed by atoms with van der Waals surface area (Å²) in [5.41, 5.74) is 0.700.